The molecule has 0 fully saturated rings. The summed E-state index contributed by atoms with van der Waals surface area (Å²) in [7, 11) is 0. The standard InChI is InChI=1S/C8H18ClNS/c1-4-10(5-2,6-3)7-8(9)11/h8H,4-7H2,1-3H3/p+1. The van der Waals surface area contributed by atoms with E-state index in [9.17, 15) is 0 Å². The molecule has 0 saturated heterocycles. The monoisotopic (exact) mass is 196 g/mol. The molecule has 0 aromatic carbocycles. The van der Waals surface area contributed by atoms with Gasteiger partial charge in [0.2, 0.25) is 0 Å². The number of rotatable bonds is 5. The van der Waals surface area contributed by atoms with Gasteiger partial charge in [-0.2, -0.15) is 12.6 Å². The topological polar surface area (TPSA) is 0 Å². The summed E-state index contributed by atoms with van der Waals surface area (Å²) in [6.07, 6.45) is 0. The lowest BCUT2D eigenvalue weighted by molar-refractivity contribution is -0.921. The largest absolute Gasteiger partial charge is 0.322 e. The van der Waals surface area contributed by atoms with E-state index in [1.54, 1.807) is 0 Å². The van der Waals surface area contributed by atoms with Crippen LogP contribution in [-0.4, -0.2) is 35.4 Å². The van der Waals surface area contributed by atoms with Crippen LogP contribution in [0.25, 0.3) is 0 Å². The summed E-state index contributed by atoms with van der Waals surface area (Å²) >= 11 is 10.1. The number of alkyl halides is 1. The number of nitrogens with zero attached hydrogens (tertiary/aromatic N) is 1. The molecular formula is C8H19ClNS+. The molecule has 0 rings (SSSR count). The lowest BCUT2D eigenvalue weighted by atomic mass is 10.3. The van der Waals surface area contributed by atoms with Gasteiger partial charge in [0, 0.05) is 0 Å². The molecule has 0 aliphatic carbocycles. The summed E-state index contributed by atoms with van der Waals surface area (Å²) in [6.45, 7) is 11.0. The molecule has 68 valence electrons. The fourth-order valence-corrected chi connectivity index (χ4v) is 2.02. The van der Waals surface area contributed by atoms with Crippen molar-refractivity contribution >= 4 is 24.2 Å². The first-order valence-electron chi connectivity index (χ1n) is 4.27. The van der Waals surface area contributed by atoms with E-state index in [0.717, 1.165) is 30.7 Å². The molecular weight excluding hydrogens is 178 g/mol. The lowest BCUT2D eigenvalue weighted by Gasteiger charge is -2.36. The van der Waals surface area contributed by atoms with Crippen molar-refractivity contribution in [1.82, 2.24) is 0 Å². The molecule has 0 bridgehead atoms. The minimum absolute atomic E-state index is 0.00477. The molecule has 0 spiro atoms. The van der Waals surface area contributed by atoms with Crippen molar-refractivity contribution in [2.45, 2.75) is 25.5 Å². The van der Waals surface area contributed by atoms with Crippen LogP contribution >= 0.6 is 24.2 Å². The average Bonchev–Trinajstić information content (AvgIpc) is 2.00. The van der Waals surface area contributed by atoms with Crippen molar-refractivity contribution in [3.8, 4) is 0 Å². The van der Waals surface area contributed by atoms with Crippen LogP contribution < -0.4 is 0 Å². The van der Waals surface area contributed by atoms with Gasteiger partial charge in [0.25, 0.3) is 0 Å². The molecule has 1 nitrogen and oxygen atoms in total. The molecule has 0 aromatic heterocycles. The summed E-state index contributed by atoms with van der Waals surface area (Å²) in [5, 5.41) is 0. The zero-order valence-electron chi connectivity index (χ0n) is 7.68. The van der Waals surface area contributed by atoms with Crippen LogP contribution in [0.4, 0.5) is 0 Å². The van der Waals surface area contributed by atoms with E-state index < -0.39 is 0 Å². The summed E-state index contributed by atoms with van der Waals surface area (Å²) in [6, 6.07) is 0. The predicted octanol–water partition coefficient (Wildman–Crippen LogP) is 2.36. The number of halogens is 1. The molecule has 0 N–H and O–H groups in total. The van der Waals surface area contributed by atoms with Gasteiger partial charge in [-0.1, -0.05) is 0 Å². The Kier molecular flexibility index (Phi) is 5.57. The van der Waals surface area contributed by atoms with Crippen LogP contribution in [0.2, 0.25) is 0 Å². The van der Waals surface area contributed by atoms with Gasteiger partial charge in [-0.05, 0) is 20.8 Å². The third-order valence-electron chi connectivity index (χ3n) is 2.55. The van der Waals surface area contributed by atoms with Crippen LogP contribution in [0.15, 0.2) is 0 Å². The maximum absolute atomic E-state index is 5.85. The van der Waals surface area contributed by atoms with Gasteiger partial charge in [-0.3, -0.25) is 0 Å². The van der Waals surface area contributed by atoms with Gasteiger partial charge in [0.1, 0.15) is 11.3 Å². The maximum atomic E-state index is 5.85. The SMILES string of the molecule is CC[N+](CC)(CC)CC(S)Cl. The quantitative estimate of drug-likeness (QED) is 0.390. The van der Waals surface area contributed by atoms with Crippen molar-refractivity contribution in [2.24, 2.45) is 0 Å². The highest BCUT2D eigenvalue weighted by Crippen LogP contribution is 2.12. The van der Waals surface area contributed by atoms with E-state index in [1.807, 2.05) is 0 Å². The summed E-state index contributed by atoms with van der Waals surface area (Å²) < 4.78 is 1.08. The van der Waals surface area contributed by atoms with E-state index in [2.05, 4.69) is 33.4 Å². The third-order valence-corrected chi connectivity index (χ3v) is 2.85. The average molecular weight is 197 g/mol. The number of quaternary nitrogens is 1. The molecule has 0 aliphatic rings. The molecule has 1 unspecified atom stereocenters. The van der Waals surface area contributed by atoms with Crippen molar-refractivity contribution in [3.05, 3.63) is 0 Å². The predicted molar refractivity (Wildman–Crippen MR) is 55.4 cm³/mol. The molecule has 11 heavy (non-hydrogen) atoms. The van der Waals surface area contributed by atoms with Crippen molar-refractivity contribution < 1.29 is 4.48 Å². The Morgan fingerprint density at radius 3 is 1.64 bits per heavy atom. The lowest BCUT2D eigenvalue weighted by Crippen LogP contribution is -2.50. The summed E-state index contributed by atoms with van der Waals surface area (Å²) in [5.74, 6) is 0. The van der Waals surface area contributed by atoms with E-state index in [-0.39, 0.29) is 4.71 Å². The zero-order chi connectivity index (χ0) is 8.91. The molecule has 3 heteroatoms. The summed E-state index contributed by atoms with van der Waals surface area (Å²) in [4.78, 5) is 0. The molecule has 1 atom stereocenters. The molecule has 0 radical (unpaired) electrons. The van der Waals surface area contributed by atoms with Crippen molar-refractivity contribution in [1.29, 1.82) is 0 Å². The van der Waals surface area contributed by atoms with Gasteiger partial charge in [-0.25, -0.2) is 0 Å². The Balaban J connectivity index is 4.05. The number of hydrogen-bond donors (Lipinski definition) is 1. The normalized spacial score (nSPS) is 15.0. The van der Waals surface area contributed by atoms with E-state index in [0.29, 0.717) is 0 Å². The van der Waals surface area contributed by atoms with E-state index in [4.69, 9.17) is 11.6 Å². The number of thiol groups is 1. The van der Waals surface area contributed by atoms with Gasteiger partial charge >= 0.3 is 0 Å². The molecule has 0 aliphatic heterocycles. The second kappa shape index (κ2) is 5.28. The Labute approximate surface area is 80.7 Å². The van der Waals surface area contributed by atoms with E-state index in [1.165, 1.54) is 0 Å². The summed E-state index contributed by atoms with van der Waals surface area (Å²) in [5.41, 5.74) is 0. The Morgan fingerprint density at radius 1 is 1.18 bits per heavy atom. The molecule has 0 amide bonds. The maximum Gasteiger partial charge on any atom is 0.125 e. The third kappa shape index (κ3) is 3.68. The van der Waals surface area contributed by atoms with Gasteiger partial charge < -0.3 is 4.48 Å². The highest BCUT2D eigenvalue weighted by molar-refractivity contribution is 7.82. The highest BCUT2D eigenvalue weighted by Gasteiger charge is 2.22. The molecule has 0 saturated carbocycles. The Bertz CT molecular complexity index is 94.0. The second-order valence-electron chi connectivity index (χ2n) is 2.91. The van der Waals surface area contributed by atoms with Crippen molar-refractivity contribution in [2.75, 3.05) is 26.2 Å². The van der Waals surface area contributed by atoms with Gasteiger partial charge in [-0.15, -0.1) is 11.6 Å². The Morgan fingerprint density at radius 2 is 1.55 bits per heavy atom. The first kappa shape index (κ1) is 11.6. The first-order valence-corrected chi connectivity index (χ1v) is 5.22. The molecule has 0 aromatic rings. The Hall–Kier alpha value is 0.600. The van der Waals surface area contributed by atoms with Gasteiger partial charge in [0.15, 0.2) is 0 Å². The van der Waals surface area contributed by atoms with Crippen LogP contribution in [0.5, 0.6) is 0 Å². The number of hydrogen-bond acceptors (Lipinski definition) is 1. The van der Waals surface area contributed by atoms with Gasteiger partial charge in [0.05, 0.1) is 19.6 Å². The van der Waals surface area contributed by atoms with Crippen LogP contribution in [-0.2, 0) is 0 Å². The smallest absolute Gasteiger partial charge is 0.125 e. The van der Waals surface area contributed by atoms with E-state index >= 15 is 0 Å². The fourth-order valence-electron chi connectivity index (χ4n) is 1.38. The fraction of sp³-hybridized carbons (Fsp3) is 1.00. The minimum Gasteiger partial charge on any atom is -0.322 e. The van der Waals surface area contributed by atoms with Crippen molar-refractivity contribution in [3.63, 3.8) is 0 Å². The molecule has 0 heterocycles. The van der Waals surface area contributed by atoms with Crippen LogP contribution in [0.3, 0.4) is 0 Å². The second-order valence-corrected chi connectivity index (χ2v) is 4.36. The first-order chi connectivity index (χ1) is 5.10. The van der Waals surface area contributed by atoms with Crippen LogP contribution in [0.1, 0.15) is 20.8 Å². The highest BCUT2D eigenvalue weighted by atomic mass is 35.5. The zero-order valence-corrected chi connectivity index (χ0v) is 9.33. The minimum atomic E-state index is -0.00477. The van der Waals surface area contributed by atoms with Crippen LogP contribution in [0, 0.1) is 0 Å².